The normalized spacial score (nSPS) is 21.6. The largest absolute Gasteiger partial charge is 0.340 e. The average molecular weight is 463 g/mol. The molecule has 0 bridgehead atoms. The number of rotatable bonds is 7. The van der Waals surface area contributed by atoms with Crippen LogP contribution in [0.15, 0.2) is 53.4 Å². The van der Waals surface area contributed by atoms with Crippen molar-refractivity contribution in [3.8, 4) is 0 Å². The Morgan fingerprint density at radius 3 is 2.42 bits per heavy atom. The Bertz CT molecular complexity index is 1030. The van der Waals surface area contributed by atoms with Gasteiger partial charge in [0.25, 0.3) is 0 Å². The number of carbonyl (C=O) groups excluding carboxylic acids is 1. The van der Waals surface area contributed by atoms with Crippen LogP contribution in [0.25, 0.3) is 0 Å². The van der Waals surface area contributed by atoms with Crippen molar-refractivity contribution in [3.05, 3.63) is 64.7 Å². The molecule has 3 rings (SSSR count). The van der Waals surface area contributed by atoms with Crippen LogP contribution in [0, 0.1) is 0 Å². The summed E-state index contributed by atoms with van der Waals surface area (Å²) in [5.74, 6) is 0.0484. The molecule has 5 nitrogen and oxygen atoms in total. The van der Waals surface area contributed by atoms with Crippen LogP contribution in [0.4, 0.5) is 0 Å². The zero-order chi connectivity index (χ0) is 22.6. The topological polar surface area (TPSA) is 80.5 Å². The van der Waals surface area contributed by atoms with E-state index in [2.05, 4.69) is 6.07 Å². The van der Waals surface area contributed by atoms with Gasteiger partial charge in [-0.1, -0.05) is 35.9 Å². The van der Waals surface area contributed by atoms with Crippen LogP contribution < -0.4 is 5.73 Å². The second kappa shape index (κ2) is 9.72. The Kier molecular flexibility index (Phi) is 7.45. The summed E-state index contributed by atoms with van der Waals surface area (Å²) in [5, 5.41) is 0.717. The van der Waals surface area contributed by atoms with E-state index in [0.717, 1.165) is 31.2 Å². The first-order valence-electron chi connectivity index (χ1n) is 10.7. The van der Waals surface area contributed by atoms with E-state index >= 15 is 0 Å². The molecule has 0 saturated heterocycles. The van der Waals surface area contributed by atoms with Crippen molar-refractivity contribution < 1.29 is 13.2 Å². The van der Waals surface area contributed by atoms with Crippen LogP contribution in [0.2, 0.25) is 5.02 Å². The lowest BCUT2D eigenvalue weighted by molar-refractivity contribution is -0.132. The minimum atomic E-state index is -3.25. The molecule has 1 aliphatic carbocycles. The van der Waals surface area contributed by atoms with Crippen molar-refractivity contribution in [1.29, 1.82) is 0 Å². The highest BCUT2D eigenvalue weighted by Crippen LogP contribution is 2.40. The molecule has 1 saturated carbocycles. The first kappa shape index (κ1) is 23.8. The molecule has 1 aliphatic rings. The van der Waals surface area contributed by atoms with E-state index in [1.165, 1.54) is 11.8 Å². The molecule has 2 N–H and O–H groups in total. The smallest absolute Gasteiger partial charge is 0.219 e. The Morgan fingerprint density at radius 1 is 1.16 bits per heavy atom. The van der Waals surface area contributed by atoms with Gasteiger partial charge in [0.05, 0.1) is 4.90 Å². The van der Waals surface area contributed by atoms with Gasteiger partial charge < -0.3 is 10.6 Å². The van der Waals surface area contributed by atoms with Crippen molar-refractivity contribution in [2.45, 2.75) is 55.4 Å². The predicted octanol–water partition coefficient (Wildman–Crippen LogP) is 3.97. The summed E-state index contributed by atoms with van der Waals surface area (Å²) in [6.07, 6.45) is 5.40. The van der Waals surface area contributed by atoms with Crippen LogP contribution >= 0.6 is 11.6 Å². The molecule has 0 unspecified atom stereocenters. The number of hydrogen-bond donors (Lipinski definition) is 1. The number of halogens is 1. The van der Waals surface area contributed by atoms with E-state index in [1.807, 2.05) is 29.2 Å². The molecule has 0 aliphatic heterocycles. The lowest BCUT2D eigenvalue weighted by Crippen LogP contribution is -2.47. The highest BCUT2D eigenvalue weighted by molar-refractivity contribution is 7.90. The fraction of sp³-hybridized carbons (Fsp3) is 0.458. The van der Waals surface area contributed by atoms with Crippen molar-refractivity contribution in [2.24, 2.45) is 5.73 Å². The van der Waals surface area contributed by atoms with Crippen LogP contribution in [0.3, 0.4) is 0 Å². The third-order valence-electron chi connectivity index (χ3n) is 6.55. The highest BCUT2D eigenvalue weighted by atomic mass is 35.5. The van der Waals surface area contributed by atoms with Crippen LogP contribution in [-0.4, -0.2) is 44.6 Å². The van der Waals surface area contributed by atoms with E-state index in [9.17, 15) is 13.2 Å². The summed E-state index contributed by atoms with van der Waals surface area (Å²) < 4.78 is 23.6. The maximum Gasteiger partial charge on any atom is 0.219 e. The second-order valence-electron chi connectivity index (χ2n) is 8.61. The molecular formula is C24H31ClN2O3S. The van der Waals surface area contributed by atoms with Gasteiger partial charge in [0.15, 0.2) is 9.84 Å². The molecule has 2 aromatic rings. The first-order valence-corrected chi connectivity index (χ1v) is 12.9. The van der Waals surface area contributed by atoms with E-state index in [0.29, 0.717) is 29.4 Å². The van der Waals surface area contributed by atoms with Gasteiger partial charge in [0.1, 0.15) is 0 Å². The zero-order valence-corrected chi connectivity index (χ0v) is 19.8. The first-order chi connectivity index (χ1) is 14.6. The third kappa shape index (κ3) is 5.68. The van der Waals surface area contributed by atoms with Crippen LogP contribution in [0.5, 0.6) is 0 Å². The fourth-order valence-electron chi connectivity index (χ4n) is 4.67. The summed E-state index contributed by atoms with van der Waals surface area (Å²) in [6, 6.07) is 15.1. The van der Waals surface area contributed by atoms with Gasteiger partial charge in [-0.05, 0) is 67.5 Å². The summed E-state index contributed by atoms with van der Waals surface area (Å²) in [4.78, 5) is 14.7. The lowest BCUT2D eigenvalue weighted by atomic mass is 9.68. The highest BCUT2D eigenvalue weighted by Gasteiger charge is 2.38. The van der Waals surface area contributed by atoms with Gasteiger partial charge in [-0.2, -0.15) is 0 Å². The monoisotopic (exact) mass is 462 g/mol. The Balaban J connectivity index is 1.69. The molecule has 31 heavy (non-hydrogen) atoms. The summed E-state index contributed by atoms with van der Waals surface area (Å²) >= 11 is 6.21. The van der Waals surface area contributed by atoms with E-state index in [4.69, 9.17) is 17.3 Å². The number of hydrogen-bond acceptors (Lipinski definition) is 4. The molecule has 7 heteroatoms. The standard InChI is InChI=1S/C24H31ClN2O3S/c1-18(28)27(14-11-19-5-3-8-23(15-19)31(2,29)30)22-9-12-24(17-26,13-10-22)20-6-4-7-21(25)16-20/h3-8,15-16,22H,9-14,17,26H2,1-2H3/t22-,24-. The Labute approximate surface area is 190 Å². The molecule has 0 spiro atoms. The quantitative estimate of drug-likeness (QED) is 0.674. The van der Waals surface area contributed by atoms with Crippen molar-refractivity contribution in [1.82, 2.24) is 4.90 Å². The molecule has 2 aromatic carbocycles. The summed E-state index contributed by atoms with van der Waals surface area (Å²) in [6.45, 7) is 2.73. The molecule has 0 aromatic heterocycles. The van der Waals surface area contributed by atoms with Gasteiger partial charge >= 0.3 is 0 Å². The van der Waals surface area contributed by atoms with Gasteiger partial charge in [-0.15, -0.1) is 0 Å². The lowest BCUT2D eigenvalue weighted by Gasteiger charge is -2.43. The van der Waals surface area contributed by atoms with E-state index < -0.39 is 9.84 Å². The molecule has 168 valence electrons. The minimum Gasteiger partial charge on any atom is -0.340 e. The fourth-order valence-corrected chi connectivity index (χ4v) is 5.56. The zero-order valence-electron chi connectivity index (χ0n) is 18.2. The van der Waals surface area contributed by atoms with E-state index in [-0.39, 0.29) is 17.4 Å². The Hall–Kier alpha value is -1.89. The van der Waals surface area contributed by atoms with Crippen molar-refractivity contribution in [2.75, 3.05) is 19.3 Å². The number of carbonyl (C=O) groups is 1. The van der Waals surface area contributed by atoms with Crippen LogP contribution in [-0.2, 0) is 26.5 Å². The van der Waals surface area contributed by atoms with E-state index in [1.54, 1.807) is 25.1 Å². The number of nitrogens with two attached hydrogens (primary N) is 1. The van der Waals surface area contributed by atoms with Crippen molar-refractivity contribution >= 4 is 27.3 Å². The third-order valence-corrected chi connectivity index (χ3v) is 7.90. The number of nitrogens with zero attached hydrogens (tertiary/aromatic N) is 1. The SMILES string of the molecule is CC(=O)N(CCc1cccc(S(C)(=O)=O)c1)[C@H]1CC[C@](CN)(c2cccc(Cl)c2)CC1. The Morgan fingerprint density at radius 2 is 1.84 bits per heavy atom. The summed E-state index contributed by atoms with van der Waals surface area (Å²) in [5.41, 5.74) is 8.20. The predicted molar refractivity (Wildman–Crippen MR) is 125 cm³/mol. The number of amides is 1. The molecule has 0 heterocycles. The summed E-state index contributed by atoms with van der Waals surface area (Å²) in [7, 11) is -3.25. The van der Waals surface area contributed by atoms with Gasteiger partial charge in [-0.3, -0.25) is 4.79 Å². The molecular weight excluding hydrogens is 432 g/mol. The molecule has 1 fully saturated rings. The number of sulfone groups is 1. The van der Waals surface area contributed by atoms with Crippen molar-refractivity contribution in [3.63, 3.8) is 0 Å². The van der Waals surface area contributed by atoms with Gasteiger partial charge in [0.2, 0.25) is 5.91 Å². The van der Waals surface area contributed by atoms with Gasteiger partial charge in [-0.25, -0.2) is 8.42 Å². The second-order valence-corrected chi connectivity index (χ2v) is 11.1. The average Bonchev–Trinajstić information content (AvgIpc) is 2.74. The number of benzene rings is 2. The maximum atomic E-state index is 12.4. The minimum absolute atomic E-state index is 0.0484. The molecule has 1 amide bonds. The van der Waals surface area contributed by atoms with Gasteiger partial charge in [0, 0.05) is 42.7 Å². The maximum absolute atomic E-state index is 12.4. The molecule has 0 atom stereocenters. The molecule has 0 radical (unpaired) electrons. The van der Waals surface area contributed by atoms with Crippen LogP contribution in [0.1, 0.15) is 43.7 Å².